The van der Waals surface area contributed by atoms with Crippen LogP contribution in [0, 0.1) is 0 Å². The predicted octanol–water partition coefficient (Wildman–Crippen LogP) is 3.23. The van der Waals surface area contributed by atoms with E-state index in [9.17, 15) is 4.79 Å². The van der Waals surface area contributed by atoms with E-state index in [0.29, 0.717) is 15.6 Å². The molecule has 0 bridgehead atoms. The first-order chi connectivity index (χ1) is 6.49. The highest BCUT2D eigenvalue weighted by Crippen LogP contribution is 2.20. The third kappa shape index (κ3) is 3.37. The molecule has 1 aromatic carbocycles. The van der Waals surface area contributed by atoms with Gasteiger partial charge in [0.15, 0.2) is 0 Å². The van der Waals surface area contributed by atoms with Crippen molar-refractivity contribution >= 4 is 40.8 Å². The zero-order valence-electron chi connectivity index (χ0n) is 7.01. The van der Waals surface area contributed by atoms with Gasteiger partial charge in [0.2, 0.25) is 0 Å². The van der Waals surface area contributed by atoms with Gasteiger partial charge in [-0.2, -0.15) is 0 Å². The van der Waals surface area contributed by atoms with Crippen molar-refractivity contribution in [2.24, 2.45) is 0 Å². The van der Waals surface area contributed by atoms with Gasteiger partial charge in [-0.1, -0.05) is 23.2 Å². The summed E-state index contributed by atoms with van der Waals surface area (Å²) in [5.41, 5.74) is 0.713. The molecule has 76 valence electrons. The lowest BCUT2D eigenvalue weighted by molar-refractivity contribution is -0.136. The van der Waals surface area contributed by atoms with Crippen molar-refractivity contribution in [3.63, 3.8) is 0 Å². The van der Waals surface area contributed by atoms with Gasteiger partial charge < -0.3 is 5.11 Å². The first kappa shape index (κ1) is 11.6. The number of hydrogen-bond acceptors (Lipinski definition) is 1. The minimum atomic E-state index is -1.05. The van der Waals surface area contributed by atoms with Gasteiger partial charge in [-0.3, -0.25) is 4.79 Å². The number of hydrogen-bond donors (Lipinski definition) is 1. The van der Waals surface area contributed by atoms with Crippen LogP contribution in [-0.2, 0) is 11.2 Å². The molecule has 5 heteroatoms. The topological polar surface area (TPSA) is 37.3 Å². The van der Waals surface area contributed by atoms with Gasteiger partial charge in [0.1, 0.15) is 5.38 Å². The van der Waals surface area contributed by atoms with E-state index in [2.05, 4.69) is 0 Å². The van der Waals surface area contributed by atoms with Crippen LogP contribution in [-0.4, -0.2) is 16.5 Å². The van der Waals surface area contributed by atoms with Crippen molar-refractivity contribution in [3.05, 3.63) is 33.8 Å². The van der Waals surface area contributed by atoms with Crippen LogP contribution in [0.2, 0.25) is 10.0 Å². The normalized spacial score (nSPS) is 12.5. The van der Waals surface area contributed by atoms with Crippen molar-refractivity contribution in [2.45, 2.75) is 11.8 Å². The molecule has 0 saturated heterocycles. The quantitative estimate of drug-likeness (QED) is 0.840. The number of carbonyl (C=O) groups is 1. The fourth-order valence-corrected chi connectivity index (χ4v) is 1.77. The highest BCUT2D eigenvalue weighted by Gasteiger charge is 2.14. The number of aliphatic carboxylic acids is 1. The molecule has 1 rings (SSSR count). The molecule has 1 aromatic rings. The first-order valence-electron chi connectivity index (χ1n) is 3.81. The summed E-state index contributed by atoms with van der Waals surface area (Å²) in [7, 11) is 0. The average molecular weight is 254 g/mol. The summed E-state index contributed by atoms with van der Waals surface area (Å²) in [6, 6.07) is 4.87. The lowest BCUT2D eigenvalue weighted by atomic mass is 10.1. The predicted molar refractivity (Wildman–Crippen MR) is 57.4 cm³/mol. The Morgan fingerprint density at radius 2 is 1.79 bits per heavy atom. The monoisotopic (exact) mass is 252 g/mol. The summed E-state index contributed by atoms with van der Waals surface area (Å²) in [5, 5.41) is 8.58. The van der Waals surface area contributed by atoms with Crippen LogP contribution >= 0.6 is 34.8 Å². The van der Waals surface area contributed by atoms with Gasteiger partial charge in [-0.05, 0) is 30.2 Å². The third-order valence-corrected chi connectivity index (χ3v) is 2.38. The second-order valence-corrected chi connectivity index (χ2v) is 4.19. The van der Waals surface area contributed by atoms with Gasteiger partial charge in [0.25, 0.3) is 0 Å². The molecule has 0 aromatic heterocycles. The maximum atomic E-state index is 10.5. The maximum absolute atomic E-state index is 10.5. The van der Waals surface area contributed by atoms with Crippen molar-refractivity contribution in [2.75, 3.05) is 0 Å². The maximum Gasteiger partial charge on any atom is 0.321 e. The molecular formula is C9H7Cl3O2. The largest absolute Gasteiger partial charge is 0.480 e. The van der Waals surface area contributed by atoms with Crippen LogP contribution in [0.5, 0.6) is 0 Å². The van der Waals surface area contributed by atoms with Crippen LogP contribution in [0.4, 0.5) is 0 Å². The summed E-state index contributed by atoms with van der Waals surface area (Å²) in [5.74, 6) is -1.05. The number of carboxylic acids is 1. The molecule has 0 aliphatic carbocycles. The van der Waals surface area contributed by atoms with E-state index in [1.54, 1.807) is 18.2 Å². The van der Waals surface area contributed by atoms with E-state index < -0.39 is 11.3 Å². The Kier molecular flexibility index (Phi) is 4.05. The number of rotatable bonds is 3. The Morgan fingerprint density at radius 3 is 2.21 bits per heavy atom. The molecule has 0 aliphatic rings. The van der Waals surface area contributed by atoms with Crippen molar-refractivity contribution in [1.82, 2.24) is 0 Å². The van der Waals surface area contributed by atoms with E-state index in [0.717, 1.165) is 0 Å². The first-order valence-corrected chi connectivity index (χ1v) is 5.00. The molecule has 1 N–H and O–H groups in total. The zero-order valence-corrected chi connectivity index (χ0v) is 9.27. The van der Waals surface area contributed by atoms with Gasteiger partial charge in [0, 0.05) is 10.0 Å². The van der Waals surface area contributed by atoms with Gasteiger partial charge in [-0.15, -0.1) is 11.6 Å². The Labute approximate surface area is 96.4 Å². The number of benzene rings is 1. The molecule has 1 unspecified atom stereocenters. The lowest BCUT2D eigenvalue weighted by Gasteiger charge is -2.05. The van der Waals surface area contributed by atoms with Crippen LogP contribution in [0.3, 0.4) is 0 Å². The van der Waals surface area contributed by atoms with Gasteiger partial charge in [-0.25, -0.2) is 0 Å². The number of alkyl halides is 1. The minimum absolute atomic E-state index is 0.206. The summed E-state index contributed by atoms with van der Waals surface area (Å²) < 4.78 is 0. The fraction of sp³-hybridized carbons (Fsp3) is 0.222. The third-order valence-electron chi connectivity index (χ3n) is 1.61. The SMILES string of the molecule is O=C(O)C(Cl)Cc1cc(Cl)cc(Cl)c1. The highest BCUT2D eigenvalue weighted by atomic mass is 35.5. The smallest absolute Gasteiger partial charge is 0.321 e. The Hall–Kier alpha value is -0.440. The Balaban J connectivity index is 2.81. The van der Waals surface area contributed by atoms with Crippen molar-refractivity contribution in [1.29, 1.82) is 0 Å². The molecule has 0 radical (unpaired) electrons. The standard InChI is InChI=1S/C9H7Cl3O2/c10-6-1-5(2-7(11)4-6)3-8(12)9(13)14/h1-2,4,8H,3H2,(H,13,14). The molecule has 0 spiro atoms. The number of carboxylic acid groups (broad SMARTS) is 1. The van der Waals surface area contributed by atoms with Crippen LogP contribution in [0.15, 0.2) is 18.2 Å². The Bertz CT molecular complexity index is 332. The molecule has 0 heterocycles. The van der Waals surface area contributed by atoms with Crippen LogP contribution in [0.25, 0.3) is 0 Å². The molecule has 14 heavy (non-hydrogen) atoms. The molecule has 0 saturated carbocycles. The molecule has 1 atom stereocenters. The molecule has 0 aliphatic heterocycles. The van der Waals surface area contributed by atoms with E-state index in [1.807, 2.05) is 0 Å². The van der Waals surface area contributed by atoms with Crippen molar-refractivity contribution < 1.29 is 9.90 Å². The van der Waals surface area contributed by atoms with E-state index >= 15 is 0 Å². The molecule has 0 amide bonds. The molecular weight excluding hydrogens is 246 g/mol. The summed E-state index contributed by atoms with van der Waals surface area (Å²) in [6.45, 7) is 0. The van der Waals surface area contributed by atoms with Gasteiger partial charge >= 0.3 is 5.97 Å². The minimum Gasteiger partial charge on any atom is -0.480 e. The van der Waals surface area contributed by atoms with E-state index in [4.69, 9.17) is 39.9 Å². The summed E-state index contributed by atoms with van der Waals surface area (Å²) >= 11 is 17.0. The van der Waals surface area contributed by atoms with Crippen molar-refractivity contribution in [3.8, 4) is 0 Å². The molecule has 2 nitrogen and oxygen atoms in total. The zero-order chi connectivity index (χ0) is 10.7. The Morgan fingerprint density at radius 1 is 1.29 bits per heavy atom. The van der Waals surface area contributed by atoms with E-state index in [1.165, 1.54) is 0 Å². The molecule has 0 fully saturated rings. The fourth-order valence-electron chi connectivity index (χ4n) is 1.02. The van der Waals surface area contributed by atoms with Crippen LogP contribution < -0.4 is 0 Å². The number of halogens is 3. The van der Waals surface area contributed by atoms with E-state index in [-0.39, 0.29) is 6.42 Å². The average Bonchev–Trinajstić information content (AvgIpc) is 2.01. The van der Waals surface area contributed by atoms with Gasteiger partial charge in [0.05, 0.1) is 0 Å². The second-order valence-electron chi connectivity index (χ2n) is 2.79. The van der Waals surface area contributed by atoms with Crippen LogP contribution in [0.1, 0.15) is 5.56 Å². The summed E-state index contributed by atoms with van der Waals surface area (Å²) in [6.07, 6.45) is 0.206. The highest BCUT2D eigenvalue weighted by molar-refractivity contribution is 6.34. The second kappa shape index (κ2) is 4.87. The lowest BCUT2D eigenvalue weighted by Crippen LogP contribution is -2.15. The summed E-state index contributed by atoms with van der Waals surface area (Å²) in [4.78, 5) is 10.5.